The quantitative estimate of drug-likeness (QED) is 0.713. The van der Waals surface area contributed by atoms with Gasteiger partial charge < -0.3 is 11.1 Å². The van der Waals surface area contributed by atoms with Crippen LogP contribution in [0.3, 0.4) is 0 Å². The summed E-state index contributed by atoms with van der Waals surface area (Å²) in [4.78, 5) is 11.4. The molecule has 1 rings (SSSR count). The Morgan fingerprint density at radius 1 is 1.05 bits per heavy atom. The Balaban J connectivity index is -0.000000478. The molecule has 1 aromatic rings. The van der Waals surface area contributed by atoms with Crippen molar-refractivity contribution in [3.8, 4) is 0 Å². The molecule has 0 bridgehead atoms. The molecular formula is C17H31N3O. The number of allylic oxidation sites excluding steroid dienone is 1. The van der Waals surface area contributed by atoms with E-state index in [-0.39, 0.29) is 5.71 Å². The van der Waals surface area contributed by atoms with E-state index in [0.717, 1.165) is 0 Å². The molecule has 4 nitrogen and oxygen atoms in total. The van der Waals surface area contributed by atoms with Crippen LogP contribution in [0.4, 0.5) is 5.69 Å². The summed E-state index contributed by atoms with van der Waals surface area (Å²) in [6.45, 7) is 13.6. The summed E-state index contributed by atoms with van der Waals surface area (Å²) in [5, 5.41) is 9.99. The van der Waals surface area contributed by atoms with Gasteiger partial charge in [0.05, 0.1) is 0 Å². The summed E-state index contributed by atoms with van der Waals surface area (Å²) in [5.74, 6) is -0.467. The molecule has 1 amide bonds. The van der Waals surface area contributed by atoms with Gasteiger partial charge in [-0.3, -0.25) is 10.2 Å². The molecule has 0 heterocycles. The lowest BCUT2D eigenvalue weighted by molar-refractivity contribution is -0.110. The summed E-state index contributed by atoms with van der Waals surface area (Å²) in [5.41, 5.74) is 6.31. The molecule has 4 N–H and O–H groups in total. The number of hydrogen-bond acceptors (Lipinski definition) is 3. The van der Waals surface area contributed by atoms with Crippen molar-refractivity contribution in [2.45, 2.75) is 48.5 Å². The molecule has 0 fully saturated rings. The third-order valence-electron chi connectivity index (χ3n) is 1.65. The smallest absolute Gasteiger partial charge is 0.273 e. The largest absolute Gasteiger partial charge is 0.402 e. The van der Waals surface area contributed by atoms with Crippen molar-refractivity contribution in [2.24, 2.45) is 5.73 Å². The normalized spacial score (nSPS) is 8.62. The third kappa shape index (κ3) is 14.1. The van der Waals surface area contributed by atoms with Crippen molar-refractivity contribution in [3.63, 3.8) is 0 Å². The fourth-order valence-corrected chi connectivity index (χ4v) is 1.01. The summed E-state index contributed by atoms with van der Waals surface area (Å²) in [7, 11) is 0. The topological polar surface area (TPSA) is 79.0 Å². The van der Waals surface area contributed by atoms with Crippen LogP contribution in [-0.4, -0.2) is 11.6 Å². The van der Waals surface area contributed by atoms with Gasteiger partial charge in [-0.25, -0.2) is 0 Å². The van der Waals surface area contributed by atoms with Crippen molar-refractivity contribution >= 4 is 17.3 Å². The minimum atomic E-state index is -0.467. The van der Waals surface area contributed by atoms with E-state index in [9.17, 15) is 4.79 Å². The van der Waals surface area contributed by atoms with Crippen LogP contribution in [0.2, 0.25) is 0 Å². The second-order valence-corrected chi connectivity index (χ2v) is 3.12. The number of hydrogen-bond donors (Lipinski definition) is 3. The summed E-state index contributed by atoms with van der Waals surface area (Å²) >= 11 is 0. The number of benzene rings is 1. The SMILES string of the molecule is C/C(N)=C/C(=N)C(=O)Nc1ccccc1.CC.CC.CC. The fourth-order valence-electron chi connectivity index (χ4n) is 1.01. The highest BCUT2D eigenvalue weighted by molar-refractivity contribution is 6.46. The summed E-state index contributed by atoms with van der Waals surface area (Å²) in [6, 6.07) is 8.98. The lowest BCUT2D eigenvalue weighted by atomic mass is 10.2. The van der Waals surface area contributed by atoms with E-state index in [0.29, 0.717) is 11.4 Å². The van der Waals surface area contributed by atoms with Crippen LogP contribution in [0.1, 0.15) is 48.5 Å². The van der Waals surface area contributed by atoms with E-state index in [1.807, 2.05) is 59.7 Å². The standard InChI is InChI=1S/C11H13N3O.3C2H6/c1-8(12)7-10(13)11(15)14-9-5-3-2-4-6-9;3*1-2/h2-7,13H,12H2,1H3,(H,14,15);3*1-2H3/b8-7-,13-10?;;;. The number of nitrogens with one attached hydrogen (secondary N) is 2. The van der Waals surface area contributed by atoms with Gasteiger partial charge in [0, 0.05) is 11.4 Å². The molecule has 0 radical (unpaired) electrons. The predicted octanol–water partition coefficient (Wildman–Crippen LogP) is 4.59. The van der Waals surface area contributed by atoms with Crippen LogP contribution in [0.25, 0.3) is 0 Å². The number of para-hydroxylation sites is 1. The molecule has 0 spiro atoms. The second-order valence-electron chi connectivity index (χ2n) is 3.12. The Labute approximate surface area is 130 Å². The molecule has 0 aliphatic heterocycles. The number of nitrogens with two attached hydrogens (primary N) is 1. The van der Waals surface area contributed by atoms with Crippen molar-refractivity contribution in [1.82, 2.24) is 0 Å². The summed E-state index contributed by atoms with van der Waals surface area (Å²) < 4.78 is 0. The van der Waals surface area contributed by atoms with Gasteiger partial charge in [-0.05, 0) is 25.1 Å². The first kappa shape index (κ1) is 24.0. The first-order valence-corrected chi connectivity index (χ1v) is 7.48. The molecule has 21 heavy (non-hydrogen) atoms. The van der Waals surface area contributed by atoms with Gasteiger partial charge in [-0.2, -0.15) is 0 Å². The van der Waals surface area contributed by atoms with Crippen LogP contribution < -0.4 is 11.1 Å². The third-order valence-corrected chi connectivity index (χ3v) is 1.65. The van der Waals surface area contributed by atoms with Gasteiger partial charge in [0.25, 0.3) is 5.91 Å². The van der Waals surface area contributed by atoms with Gasteiger partial charge in [-0.1, -0.05) is 59.7 Å². The Morgan fingerprint density at radius 2 is 1.48 bits per heavy atom. The number of anilines is 1. The van der Waals surface area contributed by atoms with E-state index in [1.54, 1.807) is 19.1 Å². The van der Waals surface area contributed by atoms with Crippen LogP contribution in [0.5, 0.6) is 0 Å². The minimum Gasteiger partial charge on any atom is -0.402 e. The maximum absolute atomic E-state index is 11.4. The number of rotatable bonds is 3. The predicted molar refractivity (Wildman–Crippen MR) is 94.8 cm³/mol. The average molecular weight is 293 g/mol. The molecule has 0 unspecified atom stereocenters. The van der Waals surface area contributed by atoms with Gasteiger partial charge in [-0.15, -0.1) is 0 Å². The summed E-state index contributed by atoms with van der Waals surface area (Å²) in [6.07, 6.45) is 1.32. The lowest BCUT2D eigenvalue weighted by Gasteiger charge is -2.03. The highest BCUT2D eigenvalue weighted by Crippen LogP contribution is 2.04. The van der Waals surface area contributed by atoms with Crippen LogP contribution in [0, 0.1) is 5.41 Å². The van der Waals surface area contributed by atoms with Gasteiger partial charge >= 0.3 is 0 Å². The first-order valence-electron chi connectivity index (χ1n) is 7.48. The fraction of sp³-hybridized carbons (Fsp3) is 0.412. The number of amides is 1. The Kier molecular flexibility index (Phi) is 20.4. The molecule has 120 valence electrons. The minimum absolute atomic E-state index is 0.154. The highest BCUT2D eigenvalue weighted by atomic mass is 16.1. The van der Waals surface area contributed by atoms with Crippen molar-refractivity contribution < 1.29 is 4.79 Å². The average Bonchev–Trinajstić information content (AvgIpc) is 2.53. The first-order chi connectivity index (χ1) is 10.1. The van der Waals surface area contributed by atoms with Crippen LogP contribution >= 0.6 is 0 Å². The van der Waals surface area contributed by atoms with E-state index in [4.69, 9.17) is 11.1 Å². The van der Waals surface area contributed by atoms with Crippen LogP contribution in [0.15, 0.2) is 42.1 Å². The molecule has 0 saturated heterocycles. The van der Waals surface area contributed by atoms with Crippen molar-refractivity contribution in [1.29, 1.82) is 5.41 Å². The van der Waals surface area contributed by atoms with E-state index < -0.39 is 5.91 Å². The maximum Gasteiger partial charge on any atom is 0.273 e. The molecule has 0 atom stereocenters. The zero-order valence-corrected chi connectivity index (χ0v) is 14.4. The Morgan fingerprint density at radius 3 is 1.86 bits per heavy atom. The van der Waals surface area contributed by atoms with Crippen LogP contribution in [-0.2, 0) is 4.79 Å². The van der Waals surface area contributed by atoms with E-state index in [2.05, 4.69) is 5.32 Å². The van der Waals surface area contributed by atoms with E-state index in [1.165, 1.54) is 6.08 Å². The molecule has 1 aromatic carbocycles. The maximum atomic E-state index is 11.4. The zero-order chi connectivity index (χ0) is 17.3. The number of carbonyl (C=O) groups excluding carboxylic acids is 1. The van der Waals surface area contributed by atoms with Crippen molar-refractivity contribution in [2.75, 3.05) is 5.32 Å². The second kappa shape index (κ2) is 17.9. The molecule has 0 saturated carbocycles. The molecule has 0 aliphatic rings. The molecular weight excluding hydrogens is 262 g/mol. The molecule has 4 heteroatoms. The lowest BCUT2D eigenvalue weighted by Crippen LogP contribution is -2.21. The zero-order valence-electron chi connectivity index (χ0n) is 14.4. The number of carbonyl (C=O) groups is 1. The highest BCUT2D eigenvalue weighted by Gasteiger charge is 2.06. The Bertz CT molecular complexity index is 394. The van der Waals surface area contributed by atoms with E-state index >= 15 is 0 Å². The van der Waals surface area contributed by atoms with Gasteiger partial charge in [0.15, 0.2) is 0 Å². The van der Waals surface area contributed by atoms with Crippen molar-refractivity contribution in [3.05, 3.63) is 42.1 Å². The Hall–Kier alpha value is -2.10. The van der Waals surface area contributed by atoms with Gasteiger partial charge in [0.1, 0.15) is 5.71 Å². The molecule has 0 aromatic heterocycles. The monoisotopic (exact) mass is 293 g/mol. The molecule has 0 aliphatic carbocycles. The van der Waals surface area contributed by atoms with Gasteiger partial charge in [0.2, 0.25) is 0 Å².